The summed E-state index contributed by atoms with van der Waals surface area (Å²) < 4.78 is 41.6. The van der Waals surface area contributed by atoms with Crippen LogP contribution in [0.2, 0.25) is 0 Å². The molecule has 0 radical (unpaired) electrons. The summed E-state index contributed by atoms with van der Waals surface area (Å²) in [6.45, 7) is 1.30. The second-order valence-electron chi connectivity index (χ2n) is 7.23. The van der Waals surface area contributed by atoms with Crippen LogP contribution < -0.4 is 4.90 Å². The Morgan fingerprint density at radius 2 is 2.19 bits per heavy atom. The van der Waals surface area contributed by atoms with E-state index in [0.29, 0.717) is 22.2 Å². The number of alkyl halides is 3. The summed E-state index contributed by atoms with van der Waals surface area (Å²) in [6, 6.07) is 7.71. The van der Waals surface area contributed by atoms with Crippen LogP contribution in [0.25, 0.3) is 10.9 Å². The molecule has 27 heavy (non-hydrogen) atoms. The van der Waals surface area contributed by atoms with Crippen molar-refractivity contribution in [3.63, 3.8) is 0 Å². The van der Waals surface area contributed by atoms with E-state index in [4.69, 9.17) is 0 Å². The average molecular weight is 375 g/mol. The summed E-state index contributed by atoms with van der Waals surface area (Å²) >= 11 is 0. The summed E-state index contributed by atoms with van der Waals surface area (Å²) in [7, 11) is 0. The normalized spacial score (nSPS) is 29.4. The Kier molecular flexibility index (Phi) is 3.48. The number of aliphatic carboxylic acids is 1. The lowest BCUT2D eigenvalue weighted by atomic mass is 9.88. The van der Waals surface area contributed by atoms with Crippen molar-refractivity contribution >= 4 is 22.6 Å². The van der Waals surface area contributed by atoms with Gasteiger partial charge in [-0.3, -0.25) is 9.78 Å². The topological polar surface area (TPSA) is 77.2 Å². The Morgan fingerprint density at radius 3 is 2.78 bits per heavy atom. The molecular formula is C19H16F3N3O2. The number of benzene rings is 1. The zero-order chi connectivity index (χ0) is 19.6. The highest BCUT2D eigenvalue weighted by molar-refractivity contribution is 5.96. The highest BCUT2D eigenvalue weighted by Gasteiger charge is 2.89. The standard InChI is InChI=1S/C19H16F3N3O2/c1-2-14-18(16(26)27)9-17(18,19(20,21)22)10-25(14)13-6-5-11(8-23)15-12(13)4-3-7-24-15/h3-7,14H,2,9-10H2,1H3,(H,26,27). The minimum Gasteiger partial charge on any atom is -0.481 e. The molecule has 2 fully saturated rings. The third-order valence-corrected chi connectivity index (χ3v) is 6.18. The van der Waals surface area contributed by atoms with Crippen LogP contribution in [-0.2, 0) is 4.79 Å². The van der Waals surface area contributed by atoms with Crippen molar-refractivity contribution < 1.29 is 23.1 Å². The first-order valence-corrected chi connectivity index (χ1v) is 8.58. The van der Waals surface area contributed by atoms with Crippen LogP contribution in [0.1, 0.15) is 25.3 Å². The number of aromatic nitrogens is 1. The van der Waals surface area contributed by atoms with Crippen LogP contribution >= 0.6 is 0 Å². The molecule has 1 aromatic heterocycles. The number of anilines is 1. The maximum Gasteiger partial charge on any atom is 0.397 e. The number of carbonyl (C=O) groups is 1. The van der Waals surface area contributed by atoms with Gasteiger partial charge in [-0.2, -0.15) is 18.4 Å². The van der Waals surface area contributed by atoms with E-state index in [1.807, 2.05) is 6.07 Å². The maximum atomic E-state index is 13.9. The highest BCUT2D eigenvalue weighted by Crippen LogP contribution is 2.77. The molecule has 2 aliphatic rings. The van der Waals surface area contributed by atoms with E-state index in [1.54, 1.807) is 30.0 Å². The van der Waals surface area contributed by atoms with Gasteiger partial charge in [-0.1, -0.05) is 6.92 Å². The number of fused-ring (bicyclic) bond motifs is 2. The summed E-state index contributed by atoms with van der Waals surface area (Å²) in [4.78, 5) is 17.7. The van der Waals surface area contributed by atoms with Gasteiger partial charge >= 0.3 is 12.1 Å². The molecule has 2 aromatic rings. The van der Waals surface area contributed by atoms with Crippen molar-refractivity contribution in [3.8, 4) is 6.07 Å². The van der Waals surface area contributed by atoms with Crippen LogP contribution in [-0.4, -0.2) is 34.8 Å². The SMILES string of the molecule is CCC1N(c2ccc(C#N)c3ncccc23)CC2(C(F)(F)F)CC12C(=O)O. The minimum atomic E-state index is -4.60. The van der Waals surface area contributed by atoms with Crippen LogP contribution in [0, 0.1) is 22.2 Å². The molecule has 3 atom stereocenters. The average Bonchev–Trinajstić information content (AvgIpc) is 3.24. The zero-order valence-corrected chi connectivity index (χ0v) is 14.4. The Hall–Kier alpha value is -2.82. The van der Waals surface area contributed by atoms with Crippen molar-refractivity contribution in [3.05, 3.63) is 36.0 Å². The van der Waals surface area contributed by atoms with Crippen molar-refractivity contribution in [2.24, 2.45) is 10.8 Å². The van der Waals surface area contributed by atoms with Gasteiger partial charge in [-0.15, -0.1) is 0 Å². The van der Waals surface area contributed by atoms with Gasteiger partial charge in [0.25, 0.3) is 0 Å². The fourth-order valence-corrected chi connectivity index (χ4v) is 4.92. The Morgan fingerprint density at radius 1 is 1.44 bits per heavy atom. The first-order valence-electron chi connectivity index (χ1n) is 8.58. The fourth-order valence-electron chi connectivity index (χ4n) is 4.92. The van der Waals surface area contributed by atoms with Crippen LogP contribution in [0.15, 0.2) is 30.5 Å². The molecule has 1 saturated carbocycles. The third-order valence-electron chi connectivity index (χ3n) is 6.18. The lowest BCUT2D eigenvalue weighted by molar-refractivity contribution is -0.195. The Bertz CT molecular complexity index is 1000. The van der Waals surface area contributed by atoms with Crippen LogP contribution in [0.3, 0.4) is 0 Å². The maximum absolute atomic E-state index is 13.9. The van der Waals surface area contributed by atoms with E-state index in [0.717, 1.165) is 0 Å². The molecule has 1 N–H and O–H groups in total. The smallest absolute Gasteiger partial charge is 0.397 e. The summed E-state index contributed by atoms with van der Waals surface area (Å²) in [6.07, 6.45) is -3.21. The molecule has 2 heterocycles. The van der Waals surface area contributed by atoms with Crippen molar-refractivity contribution in [1.82, 2.24) is 4.98 Å². The molecule has 1 aromatic carbocycles. The summed E-state index contributed by atoms with van der Waals surface area (Å²) in [5.74, 6) is -1.40. The van der Waals surface area contributed by atoms with E-state index >= 15 is 0 Å². The number of nitriles is 1. The number of carboxylic acids is 1. The Labute approximate surface area is 153 Å². The molecule has 8 heteroatoms. The van der Waals surface area contributed by atoms with Crippen LogP contribution in [0.5, 0.6) is 0 Å². The number of piperidine rings is 1. The number of nitrogens with zero attached hydrogens (tertiary/aromatic N) is 3. The first kappa shape index (κ1) is 17.6. The second kappa shape index (κ2) is 5.35. The molecular weight excluding hydrogens is 359 g/mol. The lowest BCUT2D eigenvalue weighted by Gasteiger charge is -2.32. The number of halogens is 3. The minimum absolute atomic E-state index is 0.270. The molecule has 1 aliphatic carbocycles. The van der Waals surface area contributed by atoms with Crippen molar-refractivity contribution in [1.29, 1.82) is 5.26 Å². The molecule has 140 valence electrons. The second-order valence-corrected chi connectivity index (χ2v) is 7.23. The predicted molar refractivity (Wildman–Crippen MR) is 91.1 cm³/mol. The largest absolute Gasteiger partial charge is 0.481 e. The number of pyridine rings is 1. The fraction of sp³-hybridized carbons (Fsp3) is 0.421. The Balaban J connectivity index is 1.91. The summed E-state index contributed by atoms with van der Waals surface area (Å²) in [5.41, 5.74) is -2.86. The van der Waals surface area contributed by atoms with E-state index < -0.39 is 35.6 Å². The van der Waals surface area contributed by atoms with E-state index in [2.05, 4.69) is 4.98 Å². The number of rotatable bonds is 3. The number of hydrogen-bond donors (Lipinski definition) is 1. The van der Waals surface area contributed by atoms with Gasteiger partial charge in [-0.05, 0) is 37.1 Å². The molecule has 1 saturated heterocycles. The van der Waals surface area contributed by atoms with Gasteiger partial charge in [0.1, 0.15) is 16.9 Å². The van der Waals surface area contributed by atoms with Crippen molar-refractivity contribution in [2.45, 2.75) is 32.0 Å². The van der Waals surface area contributed by atoms with Gasteiger partial charge in [0.2, 0.25) is 0 Å². The predicted octanol–water partition coefficient (Wildman–Crippen LogP) is 3.73. The highest BCUT2D eigenvalue weighted by atomic mass is 19.4. The van der Waals surface area contributed by atoms with Gasteiger partial charge in [0, 0.05) is 29.9 Å². The quantitative estimate of drug-likeness (QED) is 0.885. The van der Waals surface area contributed by atoms with Gasteiger partial charge in [0.05, 0.1) is 11.1 Å². The molecule has 0 bridgehead atoms. The van der Waals surface area contributed by atoms with Crippen LogP contribution in [0.4, 0.5) is 18.9 Å². The molecule has 5 nitrogen and oxygen atoms in total. The lowest BCUT2D eigenvalue weighted by Crippen LogP contribution is -2.40. The molecule has 0 spiro atoms. The monoisotopic (exact) mass is 375 g/mol. The van der Waals surface area contributed by atoms with Crippen molar-refractivity contribution in [2.75, 3.05) is 11.4 Å². The molecule has 0 amide bonds. The van der Waals surface area contributed by atoms with Gasteiger partial charge in [0.15, 0.2) is 0 Å². The summed E-state index contributed by atoms with van der Waals surface area (Å²) in [5, 5.41) is 19.5. The zero-order valence-electron chi connectivity index (χ0n) is 14.4. The number of hydrogen-bond acceptors (Lipinski definition) is 4. The van der Waals surface area contributed by atoms with Gasteiger partial charge < -0.3 is 10.0 Å². The molecule has 1 aliphatic heterocycles. The molecule has 4 rings (SSSR count). The first-order chi connectivity index (χ1) is 12.7. The number of carboxylic acid groups (broad SMARTS) is 1. The van der Waals surface area contributed by atoms with E-state index in [1.165, 1.54) is 12.3 Å². The van der Waals surface area contributed by atoms with E-state index in [9.17, 15) is 28.3 Å². The van der Waals surface area contributed by atoms with Gasteiger partial charge in [-0.25, -0.2) is 0 Å². The van der Waals surface area contributed by atoms with E-state index in [-0.39, 0.29) is 12.8 Å². The molecule has 3 unspecified atom stereocenters. The third kappa shape index (κ3) is 2.00.